The molecule has 0 radical (unpaired) electrons. The van der Waals surface area contributed by atoms with Crippen molar-refractivity contribution in [2.75, 3.05) is 26.4 Å². The molecule has 1 aromatic carbocycles. The molecule has 3 N–H and O–H groups in total. The number of aryl methyl sites for hydroxylation is 1. The third-order valence-corrected chi connectivity index (χ3v) is 3.75. The van der Waals surface area contributed by atoms with Crippen LogP contribution in [-0.4, -0.2) is 37.5 Å². The predicted octanol–water partition coefficient (Wildman–Crippen LogP) is 2.28. The summed E-state index contributed by atoms with van der Waals surface area (Å²) in [6.07, 6.45) is 0. The number of benzene rings is 1. The van der Waals surface area contributed by atoms with Gasteiger partial charge in [0.25, 0.3) is 5.91 Å². The molecule has 0 aliphatic carbocycles. The molecule has 20 heavy (non-hydrogen) atoms. The van der Waals surface area contributed by atoms with Gasteiger partial charge >= 0.3 is 0 Å². The number of nitrogens with two attached hydrogens (primary N) is 1. The van der Waals surface area contributed by atoms with Crippen molar-refractivity contribution in [1.29, 1.82) is 0 Å². The molecule has 0 aliphatic heterocycles. The van der Waals surface area contributed by atoms with Crippen LogP contribution in [0.25, 0.3) is 0 Å². The second-order valence-corrected chi connectivity index (χ2v) is 6.50. The van der Waals surface area contributed by atoms with Crippen molar-refractivity contribution < 1.29 is 4.79 Å². The van der Waals surface area contributed by atoms with E-state index in [0.717, 1.165) is 12.1 Å². The number of nitrogens with one attached hydrogen (secondary N) is 1. The first kappa shape index (κ1) is 16.5. The van der Waals surface area contributed by atoms with Gasteiger partial charge < -0.3 is 16.0 Å². The van der Waals surface area contributed by atoms with E-state index in [1.54, 1.807) is 6.07 Å². The summed E-state index contributed by atoms with van der Waals surface area (Å²) in [4.78, 5) is 14.5. The van der Waals surface area contributed by atoms with Crippen molar-refractivity contribution in [3.63, 3.8) is 0 Å². The van der Waals surface area contributed by atoms with E-state index in [-0.39, 0.29) is 17.4 Å². The summed E-state index contributed by atoms with van der Waals surface area (Å²) in [5.74, 6) is -0.0610. The van der Waals surface area contributed by atoms with Crippen LogP contribution >= 0.6 is 0 Å². The zero-order valence-electron chi connectivity index (χ0n) is 13.4. The molecule has 0 saturated carbocycles. The van der Waals surface area contributed by atoms with Gasteiger partial charge in [-0.3, -0.25) is 4.79 Å². The molecular weight excluding hydrogens is 250 g/mol. The fourth-order valence-electron chi connectivity index (χ4n) is 2.31. The third-order valence-electron chi connectivity index (χ3n) is 3.75. The fraction of sp³-hybridized carbons (Fsp3) is 0.562. The number of hydrogen-bond donors (Lipinski definition) is 2. The van der Waals surface area contributed by atoms with Crippen LogP contribution in [0.2, 0.25) is 0 Å². The van der Waals surface area contributed by atoms with Gasteiger partial charge in [0.2, 0.25) is 0 Å². The average Bonchev–Trinajstić information content (AvgIpc) is 2.30. The number of rotatable bonds is 5. The van der Waals surface area contributed by atoms with Crippen LogP contribution < -0.4 is 11.1 Å². The standard InChI is InChI=1S/C16H27N3O/c1-11-7-8-13(17)9-14(11)15(20)18-12(2)16(3,4)10-19(5)6/h7-9,12H,10,17H2,1-6H3,(H,18,20). The van der Waals surface area contributed by atoms with Gasteiger partial charge in [0.15, 0.2) is 0 Å². The Morgan fingerprint density at radius 3 is 2.55 bits per heavy atom. The molecule has 4 nitrogen and oxygen atoms in total. The zero-order valence-corrected chi connectivity index (χ0v) is 13.4. The Kier molecular flexibility index (Phi) is 5.17. The van der Waals surface area contributed by atoms with E-state index in [9.17, 15) is 4.79 Å². The van der Waals surface area contributed by atoms with Crippen LogP contribution in [-0.2, 0) is 0 Å². The minimum atomic E-state index is -0.0610. The molecule has 0 fully saturated rings. The molecular formula is C16H27N3O. The summed E-state index contributed by atoms with van der Waals surface area (Å²) in [5, 5.41) is 3.09. The topological polar surface area (TPSA) is 58.4 Å². The molecule has 112 valence electrons. The van der Waals surface area contributed by atoms with Gasteiger partial charge in [-0.05, 0) is 51.1 Å². The zero-order chi connectivity index (χ0) is 15.5. The maximum absolute atomic E-state index is 12.4. The van der Waals surface area contributed by atoms with Gasteiger partial charge in [0.1, 0.15) is 0 Å². The van der Waals surface area contributed by atoms with E-state index < -0.39 is 0 Å². The monoisotopic (exact) mass is 277 g/mol. The largest absolute Gasteiger partial charge is 0.399 e. The molecule has 1 unspecified atom stereocenters. The Balaban J connectivity index is 2.82. The van der Waals surface area contributed by atoms with Gasteiger partial charge in [-0.2, -0.15) is 0 Å². The van der Waals surface area contributed by atoms with Crippen molar-refractivity contribution in [2.45, 2.75) is 33.7 Å². The number of anilines is 1. The normalized spacial score (nSPS) is 13.3. The summed E-state index contributed by atoms with van der Waals surface area (Å²) in [6, 6.07) is 5.49. The number of carbonyl (C=O) groups excluding carboxylic acids is 1. The molecule has 1 rings (SSSR count). The lowest BCUT2D eigenvalue weighted by atomic mass is 9.84. The number of carbonyl (C=O) groups is 1. The summed E-state index contributed by atoms with van der Waals surface area (Å²) in [5.41, 5.74) is 7.96. The van der Waals surface area contributed by atoms with E-state index in [2.05, 4.69) is 24.1 Å². The summed E-state index contributed by atoms with van der Waals surface area (Å²) < 4.78 is 0. The lowest BCUT2D eigenvalue weighted by Gasteiger charge is -2.35. The minimum Gasteiger partial charge on any atom is -0.399 e. The molecule has 0 aliphatic rings. The molecule has 0 heterocycles. The highest BCUT2D eigenvalue weighted by Crippen LogP contribution is 2.22. The highest BCUT2D eigenvalue weighted by molar-refractivity contribution is 5.96. The first-order valence-electron chi connectivity index (χ1n) is 6.95. The Labute approximate surface area is 122 Å². The van der Waals surface area contributed by atoms with Crippen molar-refractivity contribution >= 4 is 11.6 Å². The summed E-state index contributed by atoms with van der Waals surface area (Å²) in [6.45, 7) is 9.19. The number of nitrogens with zero attached hydrogens (tertiary/aromatic N) is 1. The van der Waals surface area contributed by atoms with E-state index in [0.29, 0.717) is 11.3 Å². The van der Waals surface area contributed by atoms with E-state index in [1.165, 1.54) is 0 Å². The fourth-order valence-corrected chi connectivity index (χ4v) is 2.31. The maximum atomic E-state index is 12.4. The van der Waals surface area contributed by atoms with Crippen molar-refractivity contribution in [2.24, 2.45) is 5.41 Å². The van der Waals surface area contributed by atoms with Crippen molar-refractivity contribution in [1.82, 2.24) is 10.2 Å². The highest BCUT2D eigenvalue weighted by atomic mass is 16.1. The van der Waals surface area contributed by atoms with E-state index in [1.807, 2.05) is 40.1 Å². The van der Waals surface area contributed by atoms with Crippen LogP contribution in [0.3, 0.4) is 0 Å². The number of hydrogen-bond acceptors (Lipinski definition) is 3. The van der Waals surface area contributed by atoms with Gasteiger partial charge in [0.05, 0.1) is 0 Å². The van der Waals surface area contributed by atoms with Crippen molar-refractivity contribution in [3.8, 4) is 0 Å². The third kappa shape index (κ3) is 4.23. The average molecular weight is 277 g/mol. The molecule has 0 spiro atoms. The minimum absolute atomic E-state index is 0.00656. The molecule has 0 aromatic heterocycles. The van der Waals surface area contributed by atoms with Crippen LogP contribution in [0, 0.1) is 12.3 Å². The second kappa shape index (κ2) is 6.27. The molecule has 0 bridgehead atoms. The SMILES string of the molecule is Cc1ccc(N)cc1C(=O)NC(C)C(C)(C)CN(C)C. The first-order chi connectivity index (χ1) is 9.13. The van der Waals surface area contributed by atoms with Gasteiger partial charge in [-0.1, -0.05) is 19.9 Å². The predicted molar refractivity (Wildman–Crippen MR) is 84.9 cm³/mol. The maximum Gasteiger partial charge on any atom is 0.251 e. The van der Waals surface area contributed by atoms with Crippen LogP contribution in [0.4, 0.5) is 5.69 Å². The lowest BCUT2D eigenvalue weighted by molar-refractivity contribution is 0.0885. The summed E-state index contributed by atoms with van der Waals surface area (Å²) >= 11 is 0. The summed E-state index contributed by atoms with van der Waals surface area (Å²) in [7, 11) is 4.08. The Bertz CT molecular complexity index is 481. The highest BCUT2D eigenvalue weighted by Gasteiger charge is 2.28. The Morgan fingerprint density at radius 1 is 1.40 bits per heavy atom. The van der Waals surface area contributed by atoms with Crippen molar-refractivity contribution in [3.05, 3.63) is 29.3 Å². The molecule has 0 saturated heterocycles. The molecule has 1 aromatic rings. The quantitative estimate of drug-likeness (QED) is 0.812. The number of nitrogen functional groups attached to an aromatic ring is 1. The van der Waals surface area contributed by atoms with Crippen LogP contribution in [0.15, 0.2) is 18.2 Å². The lowest BCUT2D eigenvalue weighted by Crippen LogP contribution is -2.47. The van der Waals surface area contributed by atoms with Gasteiger partial charge in [-0.25, -0.2) is 0 Å². The van der Waals surface area contributed by atoms with E-state index in [4.69, 9.17) is 5.73 Å². The van der Waals surface area contributed by atoms with E-state index >= 15 is 0 Å². The molecule has 1 amide bonds. The van der Waals surface area contributed by atoms with Crippen LogP contribution in [0.1, 0.15) is 36.7 Å². The second-order valence-electron chi connectivity index (χ2n) is 6.50. The Morgan fingerprint density at radius 2 is 2.00 bits per heavy atom. The van der Waals surface area contributed by atoms with Gasteiger partial charge in [0, 0.05) is 23.8 Å². The first-order valence-corrected chi connectivity index (χ1v) is 6.95. The smallest absolute Gasteiger partial charge is 0.251 e. The van der Waals surface area contributed by atoms with Crippen LogP contribution in [0.5, 0.6) is 0 Å². The molecule has 4 heteroatoms. The van der Waals surface area contributed by atoms with Gasteiger partial charge in [-0.15, -0.1) is 0 Å². The Hall–Kier alpha value is -1.55. The molecule has 1 atom stereocenters. The number of amides is 1.